The van der Waals surface area contributed by atoms with E-state index in [1.807, 2.05) is 0 Å². The lowest BCUT2D eigenvalue weighted by Gasteiger charge is -2.11. The monoisotopic (exact) mass is 405 g/mol. The Bertz CT molecular complexity index is 1390. The molecule has 12 heteroatoms. The molecule has 0 bridgehead atoms. The summed E-state index contributed by atoms with van der Waals surface area (Å²) in [6.07, 6.45) is -4.75. The molecule has 0 unspecified atom stereocenters. The fourth-order valence-corrected chi connectivity index (χ4v) is 2.83. The van der Waals surface area contributed by atoms with Crippen molar-refractivity contribution >= 4 is 16.7 Å². The summed E-state index contributed by atoms with van der Waals surface area (Å²) in [7, 11) is 1.18. The zero-order valence-electron chi connectivity index (χ0n) is 14.5. The quantitative estimate of drug-likeness (QED) is 0.279. The van der Waals surface area contributed by atoms with Crippen molar-refractivity contribution in [2.45, 2.75) is 6.18 Å². The molecule has 0 aliphatic carbocycles. The number of halogens is 3. The fourth-order valence-electron chi connectivity index (χ4n) is 2.83. The van der Waals surface area contributed by atoms with Crippen molar-refractivity contribution in [3.05, 3.63) is 89.7 Å². The Kier molecular flexibility index (Phi) is 4.65. The third kappa shape index (κ3) is 3.32. The predicted molar refractivity (Wildman–Crippen MR) is 93.2 cm³/mol. The summed E-state index contributed by atoms with van der Waals surface area (Å²) in [5, 5.41) is 10.1. The third-order valence-electron chi connectivity index (χ3n) is 4.22. The number of fused-ring (bicyclic) bond motifs is 1. The van der Waals surface area contributed by atoms with Gasteiger partial charge in [0.15, 0.2) is 0 Å². The molecule has 3 aromatic rings. The second kappa shape index (κ2) is 6.84. The van der Waals surface area contributed by atoms with E-state index in [-0.39, 0.29) is 16.7 Å². The van der Waals surface area contributed by atoms with E-state index in [0.29, 0.717) is 10.6 Å². The van der Waals surface area contributed by atoms with Crippen molar-refractivity contribution in [3.63, 3.8) is 0 Å². The first-order valence-corrected chi connectivity index (χ1v) is 7.86. The maximum Gasteiger partial charge on any atom is 0.444 e. The largest absolute Gasteiger partial charge is 0.444 e. The van der Waals surface area contributed by atoms with E-state index >= 15 is 0 Å². The van der Waals surface area contributed by atoms with Crippen LogP contribution in [0.5, 0.6) is 0 Å². The molecular weight excluding hydrogens is 395 g/mol. The van der Waals surface area contributed by atoms with Crippen LogP contribution in [0.1, 0.15) is 5.56 Å². The highest BCUT2D eigenvalue weighted by Gasteiger charge is 2.31. The van der Waals surface area contributed by atoms with Gasteiger partial charge in [-0.05, 0) is 24.3 Å². The predicted octanol–water partition coefficient (Wildman–Crippen LogP) is 1.75. The van der Waals surface area contributed by atoms with Crippen LogP contribution in [0.2, 0.25) is 0 Å². The lowest BCUT2D eigenvalue weighted by molar-refractivity contribution is -0.384. The summed E-state index contributed by atoms with van der Waals surface area (Å²) in [6.45, 7) is 0. The number of non-ortho nitro benzene ring substituents is 1. The van der Waals surface area contributed by atoms with Gasteiger partial charge in [0.25, 0.3) is 5.69 Å². The molecule has 3 rings (SSSR count). The number of benzene rings is 2. The first kappa shape index (κ1) is 19.7. The van der Waals surface area contributed by atoms with Crippen LogP contribution in [0.15, 0.2) is 52.1 Å². The number of hydrogen-bond acceptors (Lipinski definition) is 4. The van der Waals surface area contributed by atoms with Crippen LogP contribution in [0, 0.1) is 10.1 Å². The molecule has 29 heavy (non-hydrogen) atoms. The molecular formula is C17H10F3N5O4. The topological polar surface area (TPSA) is 124 Å². The number of nitrogens with zero attached hydrogens (tertiary/aromatic N) is 5. The summed E-state index contributed by atoms with van der Waals surface area (Å²) in [6, 6.07) is 6.87. The Morgan fingerprint density at radius 3 is 2.34 bits per heavy atom. The highest BCUT2D eigenvalue weighted by molar-refractivity contribution is 5.78. The Morgan fingerprint density at radius 1 is 1.07 bits per heavy atom. The average molecular weight is 405 g/mol. The van der Waals surface area contributed by atoms with Crippen molar-refractivity contribution in [1.82, 2.24) is 9.13 Å². The normalized spacial score (nSPS) is 11.3. The molecule has 148 valence electrons. The molecule has 1 heterocycles. The van der Waals surface area contributed by atoms with Gasteiger partial charge >= 0.3 is 22.7 Å². The molecule has 0 aliphatic heterocycles. The van der Waals surface area contributed by atoms with Crippen molar-refractivity contribution < 1.29 is 22.9 Å². The van der Waals surface area contributed by atoms with Crippen LogP contribution in [-0.2, 0) is 13.2 Å². The van der Waals surface area contributed by atoms with E-state index in [9.17, 15) is 32.9 Å². The Hall–Kier alpha value is -4.05. The molecule has 0 fully saturated rings. The molecule has 1 aromatic heterocycles. The zero-order chi connectivity index (χ0) is 21.5. The lowest BCUT2D eigenvalue weighted by Crippen LogP contribution is -2.44. The highest BCUT2D eigenvalue weighted by atomic mass is 19.4. The molecule has 2 aromatic carbocycles. The van der Waals surface area contributed by atoms with Gasteiger partial charge in [-0.25, -0.2) is 0 Å². The molecule has 0 spiro atoms. The van der Waals surface area contributed by atoms with Gasteiger partial charge in [0, 0.05) is 19.2 Å². The first-order valence-electron chi connectivity index (χ1n) is 7.86. The number of aromatic nitrogens is 2. The van der Waals surface area contributed by atoms with Crippen LogP contribution in [0.3, 0.4) is 0 Å². The van der Waals surface area contributed by atoms with E-state index < -0.39 is 38.8 Å². The molecule has 0 aliphatic rings. The third-order valence-corrected chi connectivity index (χ3v) is 4.22. The number of rotatable bonds is 2. The second-order valence-electron chi connectivity index (χ2n) is 5.93. The lowest BCUT2D eigenvalue weighted by atomic mass is 10.1. The number of aryl methyl sites for hydroxylation is 1. The van der Waals surface area contributed by atoms with E-state index in [4.69, 9.17) is 5.53 Å². The van der Waals surface area contributed by atoms with Crippen molar-refractivity contribution in [2.75, 3.05) is 0 Å². The van der Waals surface area contributed by atoms with Gasteiger partial charge in [-0.15, -0.1) is 0 Å². The number of alkyl halides is 3. The fraction of sp³-hybridized carbons (Fsp3) is 0.118. The summed E-state index contributed by atoms with van der Waals surface area (Å²) in [4.78, 5) is 38.3. The number of nitro groups is 1. The number of hydrogen-bond donors (Lipinski definition) is 0. The molecule has 0 N–H and O–H groups in total. The average Bonchev–Trinajstić information content (AvgIpc) is 2.74. The Labute approximate surface area is 158 Å². The van der Waals surface area contributed by atoms with E-state index in [0.717, 1.165) is 28.8 Å². The summed E-state index contributed by atoms with van der Waals surface area (Å²) >= 11 is 0. The minimum absolute atomic E-state index is 0.0958. The van der Waals surface area contributed by atoms with Crippen LogP contribution in [0.4, 0.5) is 18.9 Å². The maximum absolute atomic E-state index is 13.2. The summed E-state index contributed by atoms with van der Waals surface area (Å²) in [5.74, 6) is 0. The molecule has 0 amide bonds. The Morgan fingerprint density at radius 2 is 1.76 bits per heavy atom. The molecule has 0 saturated carbocycles. The van der Waals surface area contributed by atoms with Crippen molar-refractivity contribution in [3.8, 4) is 5.69 Å². The maximum atomic E-state index is 13.2. The summed E-state index contributed by atoms with van der Waals surface area (Å²) < 4.78 is 41.2. The van der Waals surface area contributed by atoms with Crippen LogP contribution in [0.25, 0.3) is 22.3 Å². The van der Waals surface area contributed by atoms with E-state index in [1.165, 1.54) is 19.2 Å². The van der Waals surface area contributed by atoms with Gasteiger partial charge in [0.2, 0.25) is 0 Å². The van der Waals surface area contributed by atoms with Crippen LogP contribution < -0.4 is 16.5 Å². The second-order valence-corrected chi connectivity index (χ2v) is 5.93. The zero-order valence-corrected chi connectivity index (χ0v) is 14.5. The van der Waals surface area contributed by atoms with Crippen LogP contribution in [-0.4, -0.2) is 18.8 Å². The number of nitro benzene ring substituents is 1. The summed E-state index contributed by atoms with van der Waals surface area (Å²) in [5.41, 5.74) is 4.65. The van der Waals surface area contributed by atoms with Crippen molar-refractivity contribution in [2.24, 2.45) is 7.05 Å². The molecule has 9 nitrogen and oxygen atoms in total. The molecule has 0 radical (unpaired) electrons. The first-order chi connectivity index (χ1) is 13.6. The standard InChI is InChI=1S/C17H10F3N5O4/c1-23-12-6-5-9(17(18,19)20)7-13(12)24(16(27)14(22-21)15(23)26)10-3-2-4-11(8-10)25(28)29/h2-8H,1H3. The van der Waals surface area contributed by atoms with Gasteiger partial charge in [-0.2, -0.15) is 18.0 Å². The van der Waals surface area contributed by atoms with Gasteiger partial charge < -0.3 is 10.1 Å². The smallest absolute Gasteiger partial charge is 0.360 e. The van der Waals surface area contributed by atoms with E-state index in [1.54, 1.807) is 0 Å². The van der Waals surface area contributed by atoms with Gasteiger partial charge in [0.05, 0.1) is 27.2 Å². The van der Waals surface area contributed by atoms with E-state index in [2.05, 4.69) is 4.79 Å². The SMILES string of the molecule is Cn1c(=O)c(=[N+]=[N-])c(=O)n(-c2cccc([N+](=O)[O-])c2)c2cc(C(F)(F)F)ccc21. The van der Waals surface area contributed by atoms with Crippen molar-refractivity contribution in [1.29, 1.82) is 0 Å². The van der Waals surface area contributed by atoms with Gasteiger partial charge in [0.1, 0.15) is 0 Å². The van der Waals surface area contributed by atoms with Gasteiger partial charge in [-0.1, -0.05) is 6.07 Å². The molecule has 0 saturated heterocycles. The Balaban J connectivity index is 2.67. The minimum atomic E-state index is -4.75. The minimum Gasteiger partial charge on any atom is -0.360 e. The van der Waals surface area contributed by atoms with Crippen LogP contribution >= 0.6 is 0 Å². The molecule has 0 atom stereocenters. The van der Waals surface area contributed by atoms with Gasteiger partial charge in [-0.3, -0.25) is 24.3 Å². The highest BCUT2D eigenvalue weighted by Crippen LogP contribution is 2.31.